The normalized spacial score (nSPS) is 13.5. The summed E-state index contributed by atoms with van der Waals surface area (Å²) >= 11 is 0. The molecular weight excluding hydrogens is 401 g/mol. The average molecular weight is 432 g/mol. The molecule has 0 atom stereocenters. The van der Waals surface area contributed by atoms with Crippen LogP contribution in [0.4, 0.5) is 15.9 Å². The molecule has 1 fully saturated rings. The zero-order chi connectivity index (χ0) is 22.5. The second-order valence-electron chi connectivity index (χ2n) is 7.90. The van der Waals surface area contributed by atoms with E-state index in [4.69, 9.17) is 5.73 Å². The number of hydrogen-bond donors (Lipinski definition) is 2. The van der Waals surface area contributed by atoms with Gasteiger partial charge in [-0.15, -0.1) is 0 Å². The van der Waals surface area contributed by atoms with Gasteiger partial charge in [-0.2, -0.15) is 0 Å². The van der Waals surface area contributed by atoms with Crippen LogP contribution >= 0.6 is 0 Å². The van der Waals surface area contributed by atoms with E-state index in [1.165, 1.54) is 21.6 Å². The predicted octanol–water partition coefficient (Wildman–Crippen LogP) is 2.08. The molecule has 0 bridgehead atoms. The summed E-state index contributed by atoms with van der Waals surface area (Å²) in [7, 11) is 0. The fourth-order valence-electron chi connectivity index (χ4n) is 3.67. The molecule has 1 aliphatic rings. The highest BCUT2D eigenvalue weighted by molar-refractivity contribution is 5.96. The molecule has 168 valence electrons. The third-order valence-electron chi connectivity index (χ3n) is 5.54. The molecule has 1 saturated carbocycles. The molecular formula is C22H30FN5O3. The molecule has 1 aromatic heterocycles. The maximum atomic E-state index is 13.2. The van der Waals surface area contributed by atoms with Crippen LogP contribution in [-0.2, 0) is 17.9 Å². The molecule has 3 N–H and O–H groups in total. The third kappa shape index (κ3) is 5.41. The van der Waals surface area contributed by atoms with Gasteiger partial charge in [-0.1, -0.05) is 25.5 Å². The number of anilines is 2. The number of halogens is 1. The summed E-state index contributed by atoms with van der Waals surface area (Å²) in [5, 5.41) is 0. The molecule has 0 spiro atoms. The largest absolute Gasteiger partial charge is 0.383 e. The van der Waals surface area contributed by atoms with Crippen LogP contribution in [0.25, 0.3) is 0 Å². The van der Waals surface area contributed by atoms with Gasteiger partial charge in [0.1, 0.15) is 11.6 Å². The number of hydrogen-bond acceptors (Lipinski definition) is 5. The Morgan fingerprint density at radius 2 is 1.90 bits per heavy atom. The summed E-state index contributed by atoms with van der Waals surface area (Å²) in [4.78, 5) is 43.6. The van der Waals surface area contributed by atoms with E-state index in [9.17, 15) is 18.8 Å². The Hall–Kier alpha value is -2.94. The highest BCUT2D eigenvalue weighted by Crippen LogP contribution is 2.29. The molecule has 0 unspecified atom stereocenters. The van der Waals surface area contributed by atoms with Crippen LogP contribution in [0.2, 0.25) is 0 Å². The van der Waals surface area contributed by atoms with Gasteiger partial charge in [0.15, 0.2) is 5.69 Å². The summed E-state index contributed by atoms with van der Waals surface area (Å²) in [5.41, 5.74) is 5.87. The molecule has 1 heterocycles. The number of aromatic nitrogens is 2. The smallest absolute Gasteiger partial charge is 0.330 e. The molecule has 8 nitrogen and oxygen atoms in total. The van der Waals surface area contributed by atoms with Crippen LogP contribution in [0, 0.1) is 5.82 Å². The van der Waals surface area contributed by atoms with Crippen molar-refractivity contribution >= 4 is 17.4 Å². The van der Waals surface area contributed by atoms with E-state index in [0.29, 0.717) is 13.1 Å². The molecule has 0 radical (unpaired) electrons. The van der Waals surface area contributed by atoms with Crippen molar-refractivity contribution in [2.24, 2.45) is 0 Å². The van der Waals surface area contributed by atoms with E-state index >= 15 is 0 Å². The van der Waals surface area contributed by atoms with E-state index < -0.39 is 11.2 Å². The maximum Gasteiger partial charge on any atom is 0.330 e. The van der Waals surface area contributed by atoms with E-state index in [1.807, 2.05) is 11.8 Å². The van der Waals surface area contributed by atoms with Gasteiger partial charge in [0.05, 0.1) is 6.54 Å². The van der Waals surface area contributed by atoms with Crippen LogP contribution in [0.3, 0.4) is 0 Å². The molecule has 3 rings (SSSR count). The standard InChI is InChI=1S/C22H30FN5O3/c1-3-5-12-28-20(24)19(21(30)25-22(28)31)27(4-2)18(29)14-26(17-10-11-17)13-15-6-8-16(23)9-7-15/h6-9,17H,3-5,10-14,24H2,1-2H3,(H,25,30,31). The first-order valence-corrected chi connectivity index (χ1v) is 10.8. The van der Waals surface area contributed by atoms with E-state index in [0.717, 1.165) is 31.2 Å². The van der Waals surface area contributed by atoms with Gasteiger partial charge in [0.25, 0.3) is 5.56 Å². The number of H-pyrrole nitrogens is 1. The lowest BCUT2D eigenvalue weighted by molar-refractivity contribution is -0.120. The molecule has 0 aliphatic heterocycles. The van der Waals surface area contributed by atoms with Crippen molar-refractivity contribution in [1.29, 1.82) is 0 Å². The minimum atomic E-state index is -0.665. The number of rotatable bonds is 10. The van der Waals surface area contributed by atoms with Crippen molar-refractivity contribution in [1.82, 2.24) is 14.5 Å². The minimum Gasteiger partial charge on any atom is -0.383 e. The van der Waals surface area contributed by atoms with E-state index in [-0.39, 0.29) is 42.4 Å². The highest BCUT2D eigenvalue weighted by Gasteiger charge is 2.32. The SMILES string of the molecule is CCCCn1c(N)c(N(CC)C(=O)CN(Cc2ccc(F)cc2)C2CC2)c(=O)[nH]c1=O. The third-order valence-corrected chi connectivity index (χ3v) is 5.54. The monoisotopic (exact) mass is 431 g/mol. The topological polar surface area (TPSA) is 104 Å². The number of nitrogen functional groups attached to an aromatic ring is 1. The number of unbranched alkanes of at least 4 members (excludes halogenated alkanes) is 1. The fraction of sp³-hybridized carbons (Fsp3) is 0.500. The van der Waals surface area contributed by atoms with Crippen LogP contribution < -0.4 is 21.9 Å². The Morgan fingerprint density at radius 1 is 1.23 bits per heavy atom. The lowest BCUT2D eigenvalue weighted by atomic mass is 10.2. The Bertz CT molecular complexity index is 1030. The average Bonchev–Trinajstić information content (AvgIpc) is 3.57. The molecule has 2 aromatic rings. The van der Waals surface area contributed by atoms with Gasteiger partial charge in [0.2, 0.25) is 5.91 Å². The molecule has 9 heteroatoms. The minimum absolute atomic E-state index is 0.00825. The number of likely N-dealkylation sites (N-methyl/N-ethyl adjacent to an activating group) is 1. The van der Waals surface area contributed by atoms with Gasteiger partial charge < -0.3 is 10.6 Å². The van der Waals surface area contributed by atoms with Crippen LogP contribution in [0.1, 0.15) is 45.1 Å². The summed E-state index contributed by atoms with van der Waals surface area (Å²) in [6.07, 6.45) is 3.57. The second kappa shape index (κ2) is 9.91. The highest BCUT2D eigenvalue weighted by atomic mass is 19.1. The second-order valence-corrected chi connectivity index (χ2v) is 7.90. The first-order chi connectivity index (χ1) is 14.8. The Morgan fingerprint density at radius 3 is 2.48 bits per heavy atom. The van der Waals surface area contributed by atoms with Gasteiger partial charge >= 0.3 is 5.69 Å². The van der Waals surface area contributed by atoms with Crippen LogP contribution in [0.5, 0.6) is 0 Å². The zero-order valence-corrected chi connectivity index (χ0v) is 18.1. The first kappa shape index (κ1) is 22.7. The summed E-state index contributed by atoms with van der Waals surface area (Å²) in [6.45, 7) is 4.98. The van der Waals surface area contributed by atoms with Gasteiger partial charge in [-0.3, -0.25) is 24.0 Å². The van der Waals surface area contributed by atoms with Crippen LogP contribution in [-0.4, -0.2) is 39.5 Å². The van der Waals surface area contributed by atoms with Gasteiger partial charge in [-0.05, 0) is 43.9 Å². The molecule has 1 aliphatic carbocycles. The quantitative estimate of drug-likeness (QED) is 0.599. The van der Waals surface area contributed by atoms with Crippen molar-refractivity contribution in [3.8, 4) is 0 Å². The van der Waals surface area contributed by atoms with Crippen molar-refractivity contribution in [2.45, 2.75) is 58.7 Å². The van der Waals surface area contributed by atoms with Crippen molar-refractivity contribution in [2.75, 3.05) is 23.7 Å². The Labute approximate surface area is 180 Å². The molecule has 31 heavy (non-hydrogen) atoms. The number of carbonyl (C=O) groups excluding carboxylic acids is 1. The molecule has 1 amide bonds. The maximum absolute atomic E-state index is 13.2. The first-order valence-electron chi connectivity index (χ1n) is 10.8. The molecule has 0 saturated heterocycles. The lowest BCUT2D eigenvalue weighted by Crippen LogP contribution is -2.45. The zero-order valence-electron chi connectivity index (χ0n) is 18.1. The Kier molecular flexibility index (Phi) is 7.27. The number of nitrogens with zero attached hydrogens (tertiary/aromatic N) is 3. The number of amides is 1. The van der Waals surface area contributed by atoms with E-state index in [1.54, 1.807) is 19.1 Å². The van der Waals surface area contributed by atoms with Gasteiger partial charge in [0, 0.05) is 25.7 Å². The molecule has 1 aromatic carbocycles. The Balaban J connectivity index is 1.84. The number of aromatic amines is 1. The van der Waals surface area contributed by atoms with E-state index in [2.05, 4.69) is 4.98 Å². The summed E-state index contributed by atoms with van der Waals surface area (Å²) in [6, 6.07) is 6.50. The summed E-state index contributed by atoms with van der Waals surface area (Å²) in [5.74, 6) is -0.564. The van der Waals surface area contributed by atoms with Crippen molar-refractivity contribution in [3.05, 3.63) is 56.5 Å². The number of nitrogens with two attached hydrogens (primary N) is 1. The van der Waals surface area contributed by atoms with Crippen molar-refractivity contribution < 1.29 is 9.18 Å². The lowest BCUT2D eigenvalue weighted by Gasteiger charge is -2.27. The number of benzene rings is 1. The number of carbonyl (C=O) groups is 1. The number of nitrogens with one attached hydrogen (secondary N) is 1. The summed E-state index contributed by atoms with van der Waals surface area (Å²) < 4.78 is 14.5. The van der Waals surface area contributed by atoms with Crippen molar-refractivity contribution in [3.63, 3.8) is 0 Å². The van der Waals surface area contributed by atoms with Gasteiger partial charge in [-0.25, -0.2) is 9.18 Å². The van der Waals surface area contributed by atoms with Crippen LogP contribution in [0.15, 0.2) is 33.9 Å². The predicted molar refractivity (Wildman–Crippen MR) is 119 cm³/mol. The fourth-order valence-corrected chi connectivity index (χ4v) is 3.67.